The summed E-state index contributed by atoms with van der Waals surface area (Å²) in [6, 6.07) is -0.0889. The fourth-order valence-corrected chi connectivity index (χ4v) is 8.96. The van der Waals surface area contributed by atoms with Gasteiger partial charge in [-0.1, -0.05) is 150 Å². The average Bonchev–Trinajstić information content (AvgIpc) is 3.19. The zero-order valence-electron chi connectivity index (χ0n) is 36.4. The van der Waals surface area contributed by atoms with Gasteiger partial charge < -0.3 is 19.5 Å². The van der Waals surface area contributed by atoms with Crippen molar-refractivity contribution in [2.45, 2.75) is 220 Å². The molecule has 7 heteroatoms. The molecule has 2 fully saturated rings. The van der Waals surface area contributed by atoms with Crippen LogP contribution in [0.5, 0.6) is 0 Å². The number of nitrogens with zero attached hydrogens (tertiary/aromatic N) is 2. The van der Waals surface area contributed by atoms with E-state index in [-0.39, 0.29) is 36.4 Å². The lowest BCUT2D eigenvalue weighted by atomic mass is 9.71. The molecular weight excluding hydrogens is 673 g/mol. The molecule has 2 aliphatic rings. The number of unbranched alkanes of at least 4 members (excludes halogenated alkanes) is 16. The highest BCUT2D eigenvalue weighted by Crippen LogP contribution is 2.41. The molecule has 3 atom stereocenters. The molecule has 1 spiro atoms. The molecule has 0 aliphatic carbocycles. The lowest BCUT2D eigenvalue weighted by Crippen LogP contribution is -2.52. The zero-order chi connectivity index (χ0) is 39.1. The summed E-state index contributed by atoms with van der Waals surface area (Å²) in [4.78, 5) is 32.5. The van der Waals surface area contributed by atoms with E-state index < -0.39 is 0 Å². The van der Waals surface area contributed by atoms with Crippen LogP contribution >= 0.6 is 0 Å². The maximum absolute atomic E-state index is 13.8. The van der Waals surface area contributed by atoms with Crippen LogP contribution in [0.3, 0.4) is 0 Å². The molecule has 2 aliphatic heterocycles. The van der Waals surface area contributed by atoms with Gasteiger partial charge in [-0.3, -0.25) is 14.5 Å². The number of carbonyl (C=O) groups excluding carboxylic acids is 2. The van der Waals surface area contributed by atoms with Gasteiger partial charge in [-0.15, -0.1) is 0 Å². The van der Waals surface area contributed by atoms with Crippen LogP contribution in [-0.4, -0.2) is 85.4 Å². The van der Waals surface area contributed by atoms with Crippen LogP contribution in [0.25, 0.3) is 0 Å². The van der Waals surface area contributed by atoms with Crippen LogP contribution in [0.15, 0.2) is 0 Å². The molecule has 0 aromatic carbocycles. The first-order chi connectivity index (χ1) is 26.4. The van der Waals surface area contributed by atoms with Gasteiger partial charge in [-0.05, 0) is 102 Å². The second-order valence-electron chi connectivity index (χ2n) is 17.6. The minimum absolute atomic E-state index is 0.0242. The predicted molar refractivity (Wildman–Crippen MR) is 227 cm³/mol. The van der Waals surface area contributed by atoms with E-state index in [1.54, 1.807) is 0 Å². The van der Waals surface area contributed by atoms with Gasteiger partial charge in [0, 0.05) is 6.61 Å². The maximum Gasteiger partial charge on any atom is 0.308 e. The topological polar surface area (TPSA) is 79.3 Å². The van der Waals surface area contributed by atoms with Crippen molar-refractivity contribution in [3.63, 3.8) is 0 Å². The van der Waals surface area contributed by atoms with Gasteiger partial charge in [0.15, 0.2) is 0 Å². The number of piperidine rings is 2. The number of aliphatic hydroxyl groups is 1. The highest BCUT2D eigenvalue weighted by molar-refractivity contribution is 5.73. The third kappa shape index (κ3) is 21.4. The van der Waals surface area contributed by atoms with E-state index in [9.17, 15) is 14.7 Å². The number of ether oxygens (including phenoxy) is 2. The van der Waals surface area contributed by atoms with Gasteiger partial charge in [0.1, 0.15) is 13.2 Å². The lowest BCUT2D eigenvalue weighted by Gasteiger charge is -2.48. The minimum atomic E-state index is -0.0889. The molecule has 0 aromatic rings. The Morgan fingerprint density at radius 3 is 1.35 bits per heavy atom. The number of likely N-dealkylation sites (tertiary alicyclic amines) is 2. The summed E-state index contributed by atoms with van der Waals surface area (Å²) in [6.07, 6.45) is 33.5. The number of rotatable bonds is 34. The van der Waals surface area contributed by atoms with Gasteiger partial charge in [0.05, 0.1) is 17.9 Å². The van der Waals surface area contributed by atoms with Gasteiger partial charge in [-0.25, -0.2) is 0 Å². The molecule has 0 amide bonds. The fourth-order valence-electron chi connectivity index (χ4n) is 8.96. The van der Waals surface area contributed by atoms with Crippen LogP contribution in [0.1, 0.15) is 214 Å². The van der Waals surface area contributed by atoms with E-state index in [1.165, 1.54) is 103 Å². The Labute approximate surface area is 334 Å². The van der Waals surface area contributed by atoms with Crippen LogP contribution in [0, 0.1) is 17.3 Å². The number of hydrogen-bond donors (Lipinski definition) is 1. The lowest BCUT2D eigenvalue weighted by molar-refractivity contribution is -0.156. The van der Waals surface area contributed by atoms with Crippen molar-refractivity contribution in [1.82, 2.24) is 9.80 Å². The molecule has 7 nitrogen and oxygen atoms in total. The molecule has 2 saturated heterocycles. The Kier molecular flexibility index (Phi) is 28.9. The van der Waals surface area contributed by atoms with Crippen LogP contribution < -0.4 is 0 Å². The molecule has 54 heavy (non-hydrogen) atoms. The molecule has 2 heterocycles. The first-order valence-electron chi connectivity index (χ1n) is 23.8. The summed E-state index contributed by atoms with van der Waals surface area (Å²) in [5.74, 6) is -0.118. The molecular formula is C47H90N2O5. The van der Waals surface area contributed by atoms with Crippen molar-refractivity contribution >= 4 is 11.9 Å². The molecule has 0 bridgehead atoms. The van der Waals surface area contributed by atoms with Crippen molar-refractivity contribution in [3.8, 4) is 0 Å². The minimum Gasteiger partial charge on any atom is -0.464 e. The summed E-state index contributed by atoms with van der Waals surface area (Å²) < 4.78 is 12.5. The van der Waals surface area contributed by atoms with Crippen molar-refractivity contribution < 1.29 is 24.2 Å². The third-order valence-electron chi connectivity index (χ3n) is 13.1. The molecule has 0 aromatic heterocycles. The summed E-state index contributed by atoms with van der Waals surface area (Å²) in [7, 11) is 0. The molecule has 3 unspecified atom stereocenters. The quantitative estimate of drug-likeness (QED) is 0.0516. The predicted octanol–water partition coefficient (Wildman–Crippen LogP) is 11.7. The van der Waals surface area contributed by atoms with E-state index in [2.05, 4.69) is 37.5 Å². The zero-order valence-corrected chi connectivity index (χ0v) is 36.4. The molecule has 1 N–H and O–H groups in total. The monoisotopic (exact) mass is 763 g/mol. The van der Waals surface area contributed by atoms with Gasteiger partial charge in [0.2, 0.25) is 0 Å². The van der Waals surface area contributed by atoms with Gasteiger partial charge in [0.25, 0.3) is 0 Å². The molecule has 0 saturated carbocycles. The van der Waals surface area contributed by atoms with Gasteiger partial charge >= 0.3 is 11.9 Å². The van der Waals surface area contributed by atoms with Gasteiger partial charge in [-0.2, -0.15) is 0 Å². The van der Waals surface area contributed by atoms with E-state index in [0.29, 0.717) is 18.6 Å². The van der Waals surface area contributed by atoms with Crippen LogP contribution in [0.2, 0.25) is 0 Å². The van der Waals surface area contributed by atoms with Crippen LogP contribution in [-0.2, 0) is 19.1 Å². The smallest absolute Gasteiger partial charge is 0.308 e. The summed E-state index contributed by atoms with van der Waals surface area (Å²) >= 11 is 0. The summed E-state index contributed by atoms with van der Waals surface area (Å²) in [6.45, 7) is 15.2. The first-order valence-corrected chi connectivity index (χ1v) is 23.8. The van der Waals surface area contributed by atoms with Crippen molar-refractivity contribution in [2.75, 3.05) is 52.5 Å². The normalized spacial score (nSPS) is 18.1. The number of aliphatic hydroxyl groups excluding tert-OH is 1. The molecule has 0 radical (unpaired) electrons. The number of hydrogen-bond acceptors (Lipinski definition) is 7. The Morgan fingerprint density at radius 2 is 0.907 bits per heavy atom. The number of carbonyl (C=O) groups is 2. The van der Waals surface area contributed by atoms with E-state index in [0.717, 1.165) is 116 Å². The maximum atomic E-state index is 13.8. The second-order valence-corrected chi connectivity index (χ2v) is 17.6. The second kappa shape index (κ2) is 31.9. The summed E-state index contributed by atoms with van der Waals surface area (Å²) in [5.41, 5.74) is 0.393. The Hall–Kier alpha value is -1.18. The molecule has 2 rings (SSSR count). The fraction of sp³-hybridized carbons (Fsp3) is 0.957. The highest BCUT2D eigenvalue weighted by atomic mass is 16.5. The Bertz CT molecular complexity index is 897. The summed E-state index contributed by atoms with van der Waals surface area (Å²) in [5, 5.41) is 9.21. The van der Waals surface area contributed by atoms with E-state index in [4.69, 9.17) is 9.47 Å². The Morgan fingerprint density at radius 1 is 0.519 bits per heavy atom. The van der Waals surface area contributed by atoms with E-state index in [1.807, 2.05) is 0 Å². The Balaban J connectivity index is 2.04. The third-order valence-corrected chi connectivity index (χ3v) is 13.1. The van der Waals surface area contributed by atoms with Crippen molar-refractivity contribution in [2.24, 2.45) is 17.3 Å². The first kappa shape index (κ1) is 49.0. The average molecular weight is 763 g/mol. The van der Waals surface area contributed by atoms with Crippen LogP contribution in [0.4, 0.5) is 0 Å². The van der Waals surface area contributed by atoms with Crippen molar-refractivity contribution in [3.05, 3.63) is 0 Å². The molecule has 318 valence electrons. The SMILES string of the molecule is CCCCCCCCCC(CCCC)C(=O)OCC(COC(=O)C(CCCCCC)CCCCCCCC)N1CCC2(CCN(CCCCO)CC2)CC1. The highest BCUT2D eigenvalue weighted by Gasteiger charge is 2.39. The largest absolute Gasteiger partial charge is 0.464 e. The number of esters is 2. The van der Waals surface area contributed by atoms with E-state index >= 15 is 0 Å². The standard InChI is InChI=1S/C47H90N2O5/c1-5-9-13-16-18-20-23-28-42(26-12-8-4)45(51)53-40-44(49-37-32-47(33-38-49)30-35-48(36-31-47)34-24-25-39-50)41-54-46(52)43(27-21-15-11-7-3)29-22-19-17-14-10-6-2/h42-44,50H,5-41H2,1-4H3. The van der Waals surface area contributed by atoms with Crippen molar-refractivity contribution in [1.29, 1.82) is 0 Å².